The third kappa shape index (κ3) is 5.85. The summed E-state index contributed by atoms with van der Waals surface area (Å²) >= 11 is 9.13. The van der Waals surface area contributed by atoms with E-state index in [-0.39, 0.29) is 17.7 Å². The van der Waals surface area contributed by atoms with Crippen LogP contribution >= 0.6 is 34.3 Å². The number of thiazole rings is 1. The molecule has 0 spiro atoms. The van der Waals surface area contributed by atoms with E-state index in [9.17, 15) is 9.59 Å². The molecule has 5 rings (SSSR count). The number of amides is 1. The van der Waals surface area contributed by atoms with Gasteiger partial charge in [0.05, 0.1) is 33.9 Å². The van der Waals surface area contributed by atoms with E-state index in [1.807, 2.05) is 22.9 Å². The molecule has 0 aliphatic carbocycles. The first-order valence-corrected chi connectivity index (χ1v) is 14.3. The zero-order valence-corrected chi connectivity index (χ0v) is 23.7. The topological polar surface area (TPSA) is 98.6 Å². The van der Waals surface area contributed by atoms with Gasteiger partial charge in [-0.3, -0.25) is 4.79 Å². The number of hydrogen-bond acceptors (Lipinski definition) is 9. The van der Waals surface area contributed by atoms with E-state index in [1.54, 1.807) is 29.5 Å². The van der Waals surface area contributed by atoms with E-state index in [0.29, 0.717) is 28.3 Å². The second kappa shape index (κ2) is 11.4. The number of fused-ring (bicyclic) bond motifs is 1. The maximum Gasteiger partial charge on any atom is 0.513 e. The van der Waals surface area contributed by atoms with Gasteiger partial charge in [-0.05, 0) is 51.0 Å². The van der Waals surface area contributed by atoms with Crippen LogP contribution in [0.15, 0.2) is 36.5 Å². The molecule has 12 heteroatoms. The highest BCUT2D eigenvalue weighted by Gasteiger charge is 2.26. The van der Waals surface area contributed by atoms with Gasteiger partial charge < -0.3 is 24.3 Å². The monoisotopic (exact) mass is 573 g/mol. The standard InChI is InChI=1S/C26H28ClN5O4S2/c1-15(2)31-10-8-16(9-11-31)29-24(33)23-30-19-12-17(36-26(34)35-3)4-5-20(19)32(23)14-18-13-28-25(37-18)21-6-7-22(27)38-21/h4-7,12-13,15-16H,8-11,14H2,1-3H3,(H,29,33). The Kier molecular flexibility index (Phi) is 7.98. The van der Waals surface area contributed by atoms with E-state index >= 15 is 0 Å². The minimum Gasteiger partial charge on any atom is -0.437 e. The van der Waals surface area contributed by atoms with Crippen molar-refractivity contribution in [2.24, 2.45) is 0 Å². The van der Waals surface area contributed by atoms with Crippen LogP contribution in [-0.4, -0.2) is 63.8 Å². The van der Waals surface area contributed by atoms with Crippen LogP contribution in [0.2, 0.25) is 4.34 Å². The number of piperidine rings is 1. The fraction of sp³-hybridized carbons (Fsp3) is 0.385. The quantitative estimate of drug-likeness (QED) is 0.225. The van der Waals surface area contributed by atoms with Gasteiger partial charge in [0.25, 0.3) is 5.91 Å². The van der Waals surface area contributed by atoms with Crippen molar-refractivity contribution in [2.75, 3.05) is 20.2 Å². The summed E-state index contributed by atoms with van der Waals surface area (Å²) in [7, 11) is 1.25. The van der Waals surface area contributed by atoms with Crippen molar-refractivity contribution in [3.63, 3.8) is 0 Å². The number of aromatic nitrogens is 3. The molecule has 1 amide bonds. The van der Waals surface area contributed by atoms with Gasteiger partial charge in [-0.1, -0.05) is 11.6 Å². The van der Waals surface area contributed by atoms with Gasteiger partial charge in [0, 0.05) is 42.3 Å². The van der Waals surface area contributed by atoms with Gasteiger partial charge in [0.2, 0.25) is 0 Å². The lowest BCUT2D eigenvalue weighted by Crippen LogP contribution is -2.47. The SMILES string of the molecule is COC(=O)Oc1ccc2c(c1)nc(C(=O)NC1CCN(C(C)C)CC1)n2Cc1cnc(-c2ccc(Cl)s2)s1. The van der Waals surface area contributed by atoms with E-state index in [4.69, 9.17) is 16.3 Å². The number of thiophene rings is 1. The van der Waals surface area contributed by atoms with Crippen molar-refractivity contribution in [2.45, 2.75) is 45.3 Å². The van der Waals surface area contributed by atoms with Crippen molar-refractivity contribution < 1.29 is 19.1 Å². The molecular weight excluding hydrogens is 546 g/mol. The number of nitrogens with one attached hydrogen (secondary N) is 1. The number of hydrogen-bond donors (Lipinski definition) is 1. The first-order valence-electron chi connectivity index (χ1n) is 12.3. The molecule has 1 fully saturated rings. The van der Waals surface area contributed by atoms with Crippen LogP contribution in [0, 0.1) is 0 Å². The average Bonchev–Trinajstić information content (AvgIpc) is 3.63. The van der Waals surface area contributed by atoms with Crippen LogP contribution in [0.5, 0.6) is 5.75 Å². The average molecular weight is 574 g/mol. The molecule has 1 aliphatic rings. The maximum absolute atomic E-state index is 13.5. The van der Waals surface area contributed by atoms with Crippen molar-refractivity contribution in [1.29, 1.82) is 0 Å². The second-order valence-electron chi connectivity index (χ2n) is 9.34. The molecular formula is C26H28ClN5O4S2. The maximum atomic E-state index is 13.5. The van der Waals surface area contributed by atoms with E-state index in [1.165, 1.54) is 18.4 Å². The Balaban J connectivity index is 1.43. The number of rotatable bonds is 7. The molecule has 0 bridgehead atoms. The molecule has 0 atom stereocenters. The molecule has 4 heterocycles. The summed E-state index contributed by atoms with van der Waals surface area (Å²) in [6.07, 6.45) is 2.78. The Bertz CT molecular complexity index is 1450. The van der Waals surface area contributed by atoms with Crippen molar-refractivity contribution >= 4 is 57.4 Å². The summed E-state index contributed by atoms with van der Waals surface area (Å²) in [5, 5.41) is 4.07. The number of ether oxygens (including phenoxy) is 2. The molecule has 1 saturated heterocycles. The Morgan fingerprint density at radius 1 is 1.18 bits per heavy atom. The lowest BCUT2D eigenvalue weighted by Gasteiger charge is -2.34. The molecule has 3 aromatic heterocycles. The van der Waals surface area contributed by atoms with Crippen LogP contribution in [-0.2, 0) is 11.3 Å². The van der Waals surface area contributed by atoms with Crippen molar-refractivity contribution in [3.05, 3.63) is 51.6 Å². The number of likely N-dealkylation sites (tertiary alicyclic amines) is 1. The molecule has 9 nitrogen and oxygen atoms in total. The fourth-order valence-corrected chi connectivity index (χ4v) is 6.54. The van der Waals surface area contributed by atoms with Gasteiger partial charge in [0.1, 0.15) is 10.8 Å². The van der Waals surface area contributed by atoms with Gasteiger partial charge in [-0.2, -0.15) is 0 Å². The van der Waals surface area contributed by atoms with E-state index in [0.717, 1.165) is 46.2 Å². The predicted molar refractivity (Wildman–Crippen MR) is 150 cm³/mol. The number of nitrogens with zero attached hydrogens (tertiary/aromatic N) is 4. The van der Waals surface area contributed by atoms with Crippen LogP contribution in [0.4, 0.5) is 4.79 Å². The van der Waals surface area contributed by atoms with E-state index < -0.39 is 6.16 Å². The highest BCUT2D eigenvalue weighted by Crippen LogP contribution is 2.34. The zero-order chi connectivity index (χ0) is 26.8. The van der Waals surface area contributed by atoms with Gasteiger partial charge in [-0.25, -0.2) is 14.8 Å². The number of halogens is 1. The van der Waals surface area contributed by atoms with Crippen LogP contribution in [0.25, 0.3) is 20.9 Å². The summed E-state index contributed by atoms with van der Waals surface area (Å²) in [5.41, 5.74) is 1.29. The number of carbonyl (C=O) groups excluding carboxylic acids is 2. The number of methoxy groups -OCH3 is 1. The molecule has 200 valence electrons. The van der Waals surface area contributed by atoms with Gasteiger partial charge >= 0.3 is 6.16 Å². The minimum absolute atomic E-state index is 0.0857. The highest BCUT2D eigenvalue weighted by atomic mass is 35.5. The first-order chi connectivity index (χ1) is 18.3. The Morgan fingerprint density at radius 2 is 1.97 bits per heavy atom. The third-order valence-corrected chi connectivity index (χ3v) is 8.92. The predicted octanol–water partition coefficient (Wildman–Crippen LogP) is 5.67. The Hall–Kier alpha value is -2.99. The van der Waals surface area contributed by atoms with Gasteiger partial charge in [0.15, 0.2) is 5.82 Å². The molecule has 0 radical (unpaired) electrons. The minimum atomic E-state index is -0.819. The first kappa shape index (κ1) is 26.6. The van der Waals surface area contributed by atoms with Crippen LogP contribution < -0.4 is 10.1 Å². The van der Waals surface area contributed by atoms with Crippen molar-refractivity contribution in [1.82, 2.24) is 24.8 Å². The van der Waals surface area contributed by atoms with Crippen LogP contribution in [0.1, 0.15) is 42.2 Å². The smallest absolute Gasteiger partial charge is 0.437 e. The molecule has 0 unspecified atom stereocenters. The van der Waals surface area contributed by atoms with E-state index in [2.05, 4.69) is 38.8 Å². The fourth-order valence-electron chi connectivity index (χ4n) is 4.53. The zero-order valence-electron chi connectivity index (χ0n) is 21.3. The summed E-state index contributed by atoms with van der Waals surface area (Å²) in [4.78, 5) is 38.7. The highest BCUT2D eigenvalue weighted by molar-refractivity contribution is 7.23. The number of imidazole rings is 1. The van der Waals surface area contributed by atoms with Crippen molar-refractivity contribution in [3.8, 4) is 15.6 Å². The second-order valence-corrected chi connectivity index (χ2v) is 12.2. The largest absolute Gasteiger partial charge is 0.513 e. The number of carbonyl (C=O) groups is 2. The molecule has 0 saturated carbocycles. The van der Waals surface area contributed by atoms with Crippen LogP contribution in [0.3, 0.4) is 0 Å². The lowest BCUT2D eigenvalue weighted by atomic mass is 10.0. The molecule has 4 aromatic rings. The third-order valence-electron chi connectivity index (χ3n) is 6.54. The summed E-state index contributed by atoms with van der Waals surface area (Å²) in [6.45, 7) is 6.70. The Labute approximate surface area is 233 Å². The molecule has 38 heavy (non-hydrogen) atoms. The summed E-state index contributed by atoms with van der Waals surface area (Å²) in [5.74, 6) is 0.363. The lowest BCUT2D eigenvalue weighted by molar-refractivity contribution is 0.0886. The molecule has 1 aliphatic heterocycles. The molecule has 1 aromatic carbocycles. The van der Waals surface area contributed by atoms with Gasteiger partial charge in [-0.15, -0.1) is 22.7 Å². The summed E-state index contributed by atoms with van der Waals surface area (Å²) < 4.78 is 12.4. The Morgan fingerprint density at radius 3 is 2.66 bits per heavy atom. The number of benzene rings is 1. The summed E-state index contributed by atoms with van der Waals surface area (Å²) in [6, 6.07) is 9.47. The normalized spacial score (nSPS) is 14.8. The molecule has 1 N–H and O–H groups in total.